The maximum atomic E-state index is 17.7. The topological polar surface area (TPSA) is 289 Å². The van der Waals surface area contributed by atoms with E-state index in [1.807, 2.05) is 6.07 Å². The number of nitrogen functional groups attached to an aromatic ring is 1. The summed E-state index contributed by atoms with van der Waals surface area (Å²) in [6.07, 6.45) is 8.17. The molecular weight excluding hydrogens is 988 g/mol. The molecule has 20 nitrogen and oxygen atoms in total. The number of anilines is 3. The molecule has 0 aliphatic heterocycles. The number of rotatable bonds is 15. The molecule has 6 heterocycles. The van der Waals surface area contributed by atoms with Gasteiger partial charge >= 0.3 is 0 Å². The highest BCUT2D eigenvalue weighted by atomic mass is 35.5. The minimum atomic E-state index is -1.75. The van der Waals surface area contributed by atoms with Crippen LogP contribution in [0.1, 0.15) is 130 Å². The summed E-state index contributed by atoms with van der Waals surface area (Å²) in [5.74, 6) is -1.56. The van der Waals surface area contributed by atoms with Gasteiger partial charge in [-0.05, 0) is 104 Å². The zero-order valence-corrected chi connectivity index (χ0v) is 43.1. The van der Waals surface area contributed by atoms with Gasteiger partial charge in [0.15, 0.2) is 22.9 Å². The van der Waals surface area contributed by atoms with Crippen LogP contribution < -0.4 is 32.3 Å². The van der Waals surface area contributed by atoms with Crippen LogP contribution in [0, 0.1) is 23.2 Å². The molecule has 3 fully saturated rings. The molecule has 6 aromatic rings. The lowest BCUT2D eigenvalue weighted by Crippen LogP contribution is -2.42. The van der Waals surface area contributed by atoms with Crippen LogP contribution in [0.2, 0.25) is 5.02 Å². The second-order valence-electron chi connectivity index (χ2n) is 21.2. The van der Waals surface area contributed by atoms with E-state index < -0.39 is 53.9 Å². The number of nitrogens with two attached hydrogens (primary N) is 1. The SMILES string of the molecule is CNC(=O)C1CCC(NC(=O)c2cnc(-n3ncc4cc(C#N)c(N)nc43)cc2NC2CCCC(c3nn(-c4cc(NC5CCC(C(C)(C)O)C5)c(C(=O)NCC(F)C(C)(C)O)cn4)c4ncc(Cl)cc34)C2F)CC1. The van der Waals surface area contributed by atoms with E-state index in [0.29, 0.717) is 96.3 Å². The summed E-state index contributed by atoms with van der Waals surface area (Å²) in [6.45, 7) is 5.73. The Hall–Kier alpha value is -7.09. The van der Waals surface area contributed by atoms with E-state index in [2.05, 4.69) is 51.6 Å². The van der Waals surface area contributed by atoms with Crippen LogP contribution in [-0.4, -0.2) is 123 Å². The number of nitrogens with zero attached hydrogens (tertiary/aromatic N) is 9. The van der Waals surface area contributed by atoms with Crippen LogP contribution in [0.15, 0.2) is 49.1 Å². The van der Waals surface area contributed by atoms with Crippen molar-refractivity contribution in [3.8, 4) is 17.7 Å². The zero-order chi connectivity index (χ0) is 53.5. The Balaban J connectivity index is 1.04. The first-order valence-electron chi connectivity index (χ1n) is 25.4. The fraction of sp³-hybridized carbons (Fsp3) is 0.500. The third-order valence-electron chi connectivity index (χ3n) is 15.1. The molecule has 3 saturated carbocycles. The summed E-state index contributed by atoms with van der Waals surface area (Å²) >= 11 is 6.59. The molecule has 6 atom stereocenters. The first-order valence-corrected chi connectivity index (χ1v) is 25.7. The third-order valence-corrected chi connectivity index (χ3v) is 15.3. The van der Waals surface area contributed by atoms with Crippen LogP contribution in [0.4, 0.5) is 26.0 Å². The minimum absolute atomic E-state index is 0.00160. The Labute approximate surface area is 436 Å². The van der Waals surface area contributed by atoms with Crippen LogP contribution in [0.25, 0.3) is 33.7 Å². The van der Waals surface area contributed by atoms with Crippen LogP contribution in [0.5, 0.6) is 0 Å². The van der Waals surface area contributed by atoms with Crippen LogP contribution in [-0.2, 0) is 4.79 Å². The van der Waals surface area contributed by atoms with Crippen molar-refractivity contribution in [3.63, 3.8) is 0 Å². The maximum absolute atomic E-state index is 17.7. The van der Waals surface area contributed by atoms with E-state index in [0.717, 1.165) is 6.42 Å². The number of hydrogen-bond donors (Lipinski definition) is 8. The Morgan fingerprint density at radius 1 is 0.867 bits per heavy atom. The number of aliphatic hydroxyl groups is 2. The number of hydrogen-bond acceptors (Lipinski definition) is 15. The van der Waals surface area contributed by atoms with Crippen molar-refractivity contribution in [1.29, 1.82) is 5.26 Å². The molecule has 3 aliphatic carbocycles. The van der Waals surface area contributed by atoms with Crippen LogP contribution in [0.3, 0.4) is 0 Å². The number of amides is 3. The highest BCUT2D eigenvalue weighted by Crippen LogP contribution is 2.41. The van der Waals surface area contributed by atoms with E-state index in [9.17, 15) is 34.2 Å². The molecule has 9 rings (SSSR count). The van der Waals surface area contributed by atoms with Crippen molar-refractivity contribution in [2.75, 3.05) is 30.0 Å². The van der Waals surface area contributed by atoms with Gasteiger partial charge in [-0.3, -0.25) is 14.4 Å². The van der Waals surface area contributed by atoms with E-state index in [1.54, 1.807) is 45.2 Å². The molecule has 0 radical (unpaired) electrons. The average Bonchev–Trinajstić information content (AvgIpc) is 4.13. The van der Waals surface area contributed by atoms with Gasteiger partial charge in [0.25, 0.3) is 11.8 Å². The summed E-state index contributed by atoms with van der Waals surface area (Å²) in [6, 6.07) is 7.30. The van der Waals surface area contributed by atoms with Gasteiger partial charge in [-0.25, -0.2) is 28.7 Å². The number of pyridine rings is 4. The highest BCUT2D eigenvalue weighted by Gasteiger charge is 2.40. The summed E-state index contributed by atoms with van der Waals surface area (Å²) in [5.41, 5.74) is 5.60. The smallest absolute Gasteiger partial charge is 0.255 e. The van der Waals surface area contributed by atoms with Gasteiger partial charge in [0, 0.05) is 72.5 Å². The molecule has 6 unspecified atom stereocenters. The molecule has 6 aromatic heterocycles. The van der Waals surface area contributed by atoms with Gasteiger partial charge < -0.3 is 42.5 Å². The maximum Gasteiger partial charge on any atom is 0.255 e. The molecule has 0 saturated heterocycles. The molecule has 75 heavy (non-hydrogen) atoms. The van der Waals surface area contributed by atoms with E-state index in [-0.39, 0.29) is 69.7 Å². The first kappa shape index (κ1) is 52.8. The molecule has 0 spiro atoms. The Morgan fingerprint density at radius 3 is 2.21 bits per heavy atom. The second-order valence-corrected chi connectivity index (χ2v) is 21.6. The summed E-state index contributed by atoms with van der Waals surface area (Å²) in [4.78, 5) is 58.6. The molecule has 0 aromatic carbocycles. The van der Waals surface area contributed by atoms with Crippen molar-refractivity contribution in [3.05, 3.63) is 76.5 Å². The fourth-order valence-corrected chi connectivity index (χ4v) is 10.8. The normalized spacial score (nSPS) is 22.6. The zero-order valence-electron chi connectivity index (χ0n) is 42.4. The predicted octanol–water partition coefficient (Wildman–Crippen LogP) is 6.36. The van der Waals surface area contributed by atoms with Gasteiger partial charge in [-0.15, -0.1) is 0 Å². The quantitative estimate of drug-likeness (QED) is 0.0555. The Bertz CT molecular complexity index is 3180. The van der Waals surface area contributed by atoms with Crippen molar-refractivity contribution >= 4 is 68.6 Å². The third kappa shape index (κ3) is 11.2. The predicted molar refractivity (Wildman–Crippen MR) is 278 cm³/mol. The van der Waals surface area contributed by atoms with Gasteiger partial charge in [-0.1, -0.05) is 18.0 Å². The lowest BCUT2D eigenvalue weighted by Gasteiger charge is -2.34. The molecule has 3 amide bonds. The molecule has 23 heteroatoms. The second kappa shape index (κ2) is 21.3. The fourth-order valence-electron chi connectivity index (χ4n) is 10.6. The number of fused-ring (bicyclic) bond motifs is 2. The van der Waals surface area contributed by atoms with Gasteiger partial charge in [0.1, 0.15) is 24.2 Å². The number of carbonyl (C=O) groups is 3. The van der Waals surface area contributed by atoms with Gasteiger partial charge in [0.05, 0.1) is 68.8 Å². The summed E-state index contributed by atoms with van der Waals surface area (Å²) < 4.78 is 35.4. The number of carbonyl (C=O) groups excluding carboxylic acids is 3. The average molecular weight is 1050 g/mol. The van der Waals surface area contributed by atoms with E-state index in [1.165, 1.54) is 48.0 Å². The summed E-state index contributed by atoms with van der Waals surface area (Å²) in [7, 11) is 1.61. The lowest BCUT2D eigenvalue weighted by atomic mass is 9.81. The summed E-state index contributed by atoms with van der Waals surface area (Å²) in [5, 5.41) is 56.6. The van der Waals surface area contributed by atoms with E-state index in [4.69, 9.17) is 22.4 Å². The minimum Gasteiger partial charge on any atom is -0.390 e. The van der Waals surface area contributed by atoms with Crippen molar-refractivity contribution in [2.45, 2.75) is 139 Å². The van der Waals surface area contributed by atoms with Gasteiger partial charge in [0.2, 0.25) is 5.91 Å². The molecule has 0 bridgehead atoms. The molecule has 9 N–H and O–H groups in total. The van der Waals surface area contributed by atoms with Crippen molar-refractivity contribution in [2.24, 2.45) is 11.8 Å². The molecular formula is C52H62ClF2N15O5. The Kier molecular flexibility index (Phi) is 15.0. The molecule has 396 valence electrons. The number of alkyl halides is 2. The molecule has 3 aliphatic rings. The number of nitriles is 1. The van der Waals surface area contributed by atoms with Crippen LogP contribution >= 0.6 is 11.6 Å². The van der Waals surface area contributed by atoms with Gasteiger partial charge in [-0.2, -0.15) is 24.8 Å². The van der Waals surface area contributed by atoms with Crippen molar-refractivity contribution in [1.82, 2.24) is 55.4 Å². The monoisotopic (exact) mass is 1050 g/mol. The van der Waals surface area contributed by atoms with E-state index >= 15 is 4.39 Å². The highest BCUT2D eigenvalue weighted by molar-refractivity contribution is 6.31. The first-order chi connectivity index (χ1) is 35.7. The lowest BCUT2D eigenvalue weighted by molar-refractivity contribution is -0.125. The largest absolute Gasteiger partial charge is 0.390 e. The number of aromatic nitrogens is 8. The standard InChI is InChI=1S/C52H62ClF2N15O5/c1-51(2,74)29-11-14-32(16-29)64-38-18-42(60-23-35(38)49(72)62-25-40(54)52(3,4)75)70-47-34(17-30(53)22-61-47)44(68-70)33-7-6-8-37(43(33)55)66-39-19-41(69-46-28(21-63-69)15-27(20-56)45(57)67-46)59-24-36(39)50(73)65-31-12-9-26(10-13-31)48(71)58-5/h15,17-19,21-24,26,29,31-33,37,40,43,74-75H,6-14,16,25H2,1-5H3,(H2,57,67)(H,58,71)(H,59,66)(H,60,64)(H,62,72)(H,65,73). The number of nitrogens with one attached hydrogen (secondary N) is 5. The number of halogens is 3. The van der Waals surface area contributed by atoms with Crippen molar-refractivity contribution < 1.29 is 33.4 Å². The Morgan fingerprint density at radius 2 is 1.55 bits per heavy atom.